The Balaban J connectivity index is 1.76. The summed E-state index contributed by atoms with van der Waals surface area (Å²) in [4.78, 5) is 4.34. The second kappa shape index (κ2) is 6.00. The van der Waals surface area contributed by atoms with Gasteiger partial charge in [-0.15, -0.1) is 0 Å². The number of nitrogens with two attached hydrogens (primary N) is 1. The summed E-state index contributed by atoms with van der Waals surface area (Å²) in [5.74, 6) is 1.08. The van der Waals surface area contributed by atoms with Crippen molar-refractivity contribution in [3.05, 3.63) is 64.7 Å². The first kappa shape index (κ1) is 14.3. The van der Waals surface area contributed by atoms with Crippen LogP contribution < -0.4 is 5.73 Å². The van der Waals surface area contributed by atoms with Crippen LogP contribution in [-0.2, 0) is 13.5 Å². The van der Waals surface area contributed by atoms with Crippen molar-refractivity contribution in [2.24, 2.45) is 12.8 Å². The Morgan fingerprint density at radius 3 is 2.71 bits per heavy atom. The van der Waals surface area contributed by atoms with Crippen LogP contribution in [0.1, 0.15) is 23.9 Å². The summed E-state index contributed by atoms with van der Waals surface area (Å²) in [6.07, 6.45) is 5.58. The zero-order valence-electron chi connectivity index (χ0n) is 12.0. The lowest BCUT2D eigenvalue weighted by Crippen LogP contribution is -2.12. The van der Waals surface area contributed by atoms with E-state index in [4.69, 9.17) is 5.73 Å². The van der Waals surface area contributed by atoms with Crippen molar-refractivity contribution < 1.29 is 0 Å². The second-order valence-electron chi connectivity index (χ2n) is 5.35. The number of halogens is 1. The highest BCUT2D eigenvalue weighted by Crippen LogP contribution is 2.24. The largest absolute Gasteiger partial charge is 0.338 e. The average molecular weight is 344 g/mol. The molecule has 21 heavy (non-hydrogen) atoms. The second-order valence-corrected chi connectivity index (χ2v) is 6.27. The highest BCUT2D eigenvalue weighted by Gasteiger charge is 2.09. The van der Waals surface area contributed by atoms with Gasteiger partial charge in [0, 0.05) is 36.4 Å². The van der Waals surface area contributed by atoms with Gasteiger partial charge in [0.2, 0.25) is 0 Å². The number of aromatic nitrogens is 2. The minimum Gasteiger partial charge on any atom is -0.338 e. The fourth-order valence-electron chi connectivity index (χ4n) is 2.55. The predicted octanol–water partition coefficient (Wildman–Crippen LogP) is 3.97. The van der Waals surface area contributed by atoms with E-state index >= 15 is 0 Å². The zero-order valence-corrected chi connectivity index (χ0v) is 13.5. The number of nitrogens with zero attached hydrogens (tertiary/aromatic N) is 2. The molecule has 2 aromatic carbocycles. The van der Waals surface area contributed by atoms with Gasteiger partial charge in [-0.05, 0) is 41.0 Å². The van der Waals surface area contributed by atoms with Crippen LogP contribution in [0.2, 0.25) is 0 Å². The molecule has 0 saturated heterocycles. The molecule has 4 heteroatoms. The molecule has 0 amide bonds. The van der Waals surface area contributed by atoms with Crippen LogP contribution >= 0.6 is 15.9 Å². The van der Waals surface area contributed by atoms with Gasteiger partial charge in [-0.25, -0.2) is 4.98 Å². The van der Waals surface area contributed by atoms with Gasteiger partial charge in [-0.1, -0.05) is 34.1 Å². The maximum Gasteiger partial charge on any atom is 0.108 e. The summed E-state index contributed by atoms with van der Waals surface area (Å²) >= 11 is 3.50. The van der Waals surface area contributed by atoms with Gasteiger partial charge < -0.3 is 10.3 Å². The normalized spacial score (nSPS) is 12.7. The molecule has 3 rings (SSSR count). The van der Waals surface area contributed by atoms with Crippen molar-refractivity contribution in [3.63, 3.8) is 0 Å². The van der Waals surface area contributed by atoms with Crippen molar-refractivity contribution in [2.75, 3.05) is 0 Å². The molecule has 3 nitrogen and oxygen atoms in total. The Kier molecular flexibility index (Phi) is 4.08. The summed E-state index contributed by atoms with van der Waals surface area (Å²) < 4.78 is 3.15. The van der Waals surface area contributed by atoms with Crippen LogP contribution in [0.25, 0.3) is 10.8 Å². The third-order valence-corrected chi connectivity index (χ3v) is 4.35. The summed E-state index contributed by atoms with van der Waals surface area (Å²) in [5.41, 5.74) is 7.52. The highest BCUT2D eigenvalue weighted by molar-refractivity contribution is 9.10. The van der Waals surface area contributed by atoms with E-state index in [2.05, 4.69) is 57.3 Å². The first-order valence-corrected chi connectivity index (χ1v) is 7.84. The Morgan fingerprint density at radius 2 is 1.95 bits per heavy atom. The first-order valence-electron chi connectivity index (χ1n) is 7.04. The number of hydrogen-bond donors (Lipinski definition) is 1. The summed E-state index contributed by atoms with van der Waals surface area (Å²) in [6.45, 7) is 0. The van der Waals surface area contributed by atoms with Crippen LogP contribution in [0.3, 0.4) is 0 Å². The molecule has 0 aliphatic rings. The topological polar surface area (TPSA) is 43.8 Å². The summed E-state index contributed by atoms with van der Waals surface area (Å²) in [5, 5.41) is 2.45. The number of rotatable bonds is 4. The number of fused-ring (bicyclic) bond motifs is 1. The van der Waals surface area contributed by atoms with Gasteiger partial charge in [0.25, 0.3) is 0 Å². The van der Waals surface area contributed by atoms with Crippen molar-refractivity contribution >= 4 is 26.7 Å². The van der Waals surface area contributed by atoms with Crippen molar-refractivity contribution in [2.45, 2.75) is 18.9 Å². The Labute approximate surface area is 132 Å². The molecule has 0 bridgehead atoms. The molecule has 2 N–H and O–H groups in total. The fraction of sp³-hybridized carbons (Fsp3) is 0.235. The summed E-state index contributed by atoms with van der Waals surface area (Å²) in [6, 6.07) is 12.8. The molecule has 0 spiro atoms. The molecule has 0 radical (unpaired) electrons. The van der Waals surface area contributed by atoms with E-state index in [0.29, 0.717) is 0 Å². The van der Waals surface area contributed by atoms with Crippen molar-refractivity contribution in [1.82, 2.24) is 9.55 Å². The van der Waals surface area contributed by atoms with Gasteiger partial charge in [-0.2, -0.15) is 0 Å². The third kappa shape index (κ3) is 3.17. The zero-order chi connectivity index (χ0) is 14.8. The van der Waals surface area contributed by atoms with Gasteiger partial charge in [0.05, 0.1) is 0 Å². The molecule has 1 aromatic heterocycles. The van der Waals surface area contributed by atoms with E-state index in [0.717, 1.165) is 23.1 Å². The van der Waals surface area contributed by atoms with E-state index in [9.17, 15) is 0 Å². The average Bonchev–Trinajstić information content (AvgIpc) is 2.89. The van der Waals surface area contributed by atoms with Gasteiger partial charge >= 0.3 is 0 Å². The van der Waals surface area contributed by atoms with Crippen LogP contribution in [0.5, 0.6) is 0 Å². The van der Waals surface area contributed by atoms with Crippen LogP contribution in [0.15, 0.2) is 53.3 Å². The smallest absolute Gasteiger partial charge is 0.108 e. The molecular weight excluding hydrogens is 326 g/mol. The maximum atomic E-state index is 6.34. The molecule has 1 heterocycles. The SMILES string of the molecule is Cn1ccnc1CCC(N)c1ccc2cc(Br)ccc2c1. The third-order valence-electron chi connectivity index (χ3n) is 3.85. The standard InChI is InChI=1S/C17H18BrN3/c1-21-9-8-20-17(21)7-6-16(19)14-3-2-13-11-15(18)5-4-12(13)10-14/h2-5,8-11,16H,6-7,19H2,1H3. The van der Waals surface area contributed by atoms with E-state index in [-0.39, 0.29) is 6.04 Å². The molecule has 3 aromatic rings. The Hall–Kier alpha value is -1.65. The highest BCUT2D eigenvalue weighted by atomic mass is 79.9. The van der Waals surface area contributed by atoms with Gasteiger partial charge in [0.15, 0.2) is 0 Å². The van der Waals surface area contributed by atoms with E-state index in [1.165, 1.54) is 16.3 Å². The molecule has 108 valence electrons. The van der Waals surface area contributed by atoms with Crippen LogP contribution in [0.4, 0.5) is 0 Å². The van der Waals surface area contributed by atoms with Crippen molar-refractivity contribution in [3.8, 4) is 0 Å². The summed E-state index contributed by atoms with van der Waals surface area (Å²) in [7, 11) is 2.02. The Bertz CT molecular complexity index is 764. The predicted molar refractivity (Wildman–Crippen MR) is 90.1 cm³/mol. The van der Waals surface area contributed by atoms with Gasteiger partial charge in [0.1, 0.15) is 5.82 Å². The maximum absolute atomic E-state index is 6.34. The molecule has 0 aliphatic carbocycles. The molecule has 0 fully saturated rings. The van der Waals surface area contributed by atoms with E-state index in [1.54, 1.807) is 0 Å². The lowest BCUT2D eigenvalue weighted by molar-refractivity contribution is 0.621. The number of hydrogen-bond acceptors (Lipinski definition) is 2. The molecular formula is C17H18BrN3. The molecule has 0 saturated carbocycles. The molecule has 1 atom stereocenters. The minimum atomic E-state index is 0.0368. The number of benzene rings is 2. The lowest BCUT2D eigenvalue weighted by atomic mass is 9.99. The Morgan fingerprint density at radius 1 is 1.19 bits per heavy atom. The molecule has 1 unspecified atom stereocenters. The van der Waals surface area contributed by atoms with Gasteiger partial charge in [-0.3, -0.25) is 0 Å². The van der Waals surface area contributed by atoms with Crippen LogP contribution in [-0.4, -0.2) is 9.55 Å². The van der Waals surface area contributed by atoms with E-state index in [1.807, 2.05) is 24.0 Å². The van der Waals surface area contributed by atoms with E-state index < -0.39 is 0 Å². The quantitative estimate of drug-likeness (QED) is 0.778. The number of imidazole rings is 1. The fourth-order valence-corrected chi connectivity index (χ4v) is 2.93. The first-order chi connectivity index (χ1) is 10.1. The monoisotopic (exact) mass is 343 g/mol. The number of aryl methyl sites for hydroxylation is 2. The van der Waals surface area contributed by atoms with Crippen LogP contribution in [0, 0.1) is 0 Å². The lowest BCUT2D eigenvalue weighted by Gasteiger charge is -2.13. The van der Waals surface area contributed by atoms with Crippen molar-refractivity contribution in [1.29, 1.82) is 0 Å². The minimum absolute atomic E-state index is 0.0368. The molecule has 0 aliphatic heterocycles.